The molecule has 0 unspecified atom stereocenters. The molecular formula is C29H34ClNO9. The molecule has 0 saturated heterocycles. The second-order valence-corrected chi connectivity index (χ2v) is 8.71. The summed E-state index contributed by atoms with van der Waals surface area (Å²) in [5.41, 5.74) is 5.13. The predicted molar refractivity (Wildman–Crippen MR) is 147 cm³/mol. The number of halogens is 1. The summed E-state index contributed by atoms with van der Waals surface area (Å²) in [5, 5.41) is 0.274. The minimum atomic E-state index is -0.673. The Morgan fingerprint density at radius 1 is 0.775 bits per heavy atom. The molecule has 0 aliphatic rings. The lowest BCUT2D eigenvalue weighted by Crippen LogP contribution is -2.25. The number of nitrogens with one attached hydrogen (secondary N) is 1. The Morgan fingerprint density at radius 3 is 1.82 bits per heavy atom. The van der Waals surface area contributed by atoms with E-state index >= 15 is 0 Å². The third-order valence-corrected chi connectivity index (χ3v) is 5.82. The van der Waals surface area contributed by atoms with Crippen LogP contribution in [0.15, 0.2) is 72.8 Å². The Kier molecular flexibility index (Phi) is 14.2. The lowest BCUT2D eigenvalue weighted by atomic mass is 10.00. The van der Waals surface area contributed by atoms with Crippen LogP contribution in [0.4, 0.5) is 0 Å². The minimum absolute atomic E-state index is 0.0501. The van der Waals surface area contributed by atoms with Gasteiger partial charge in [0.05, 0.1) is 38.9 Å². The molecule has 3 rings (SSSR count). The van der Waals surface area contributed by atoms with E-state index in [1.54, 1.807) is 20.3 Å². The fourth-order valence-corrected chi connectivity index (χ4v) is 3.69. The zero-order valence-electron chi connectivity index (χ0n) is 22.5. The number of carbonyl (C=O) groups excluding carboxylic acids is 1. The number of carbonyl (C=O) groups is 1. The summed E-state index contributed by atoms with van der Waals surface area (Å²) in [4.78, 5) is 22.8. The average molecular weight is 576 g/mol. The smallest absolute Gasteiger partial charge is 0.348 e. The van der Waals surface area contributed by atoms with Crippen molar-refractivity contribution in [3.05, 3.63) is 94.5 Å². The Hall–Kier alpha value is -3.22. The van der Waals surface area contributed by atoms with Gasteiger partial charge in [-0.2, -0.15) is 0 Å². The summed E-state index contributed by atoms with van der Waals surface area (Å²) < 4.78 is 32.0. The topological polar surface area (TPSA) is 103 Å². The van der Waals surface area contributed by atoms with Gasteiger partial charge in [0.1, 0.15) is 0 Å². The second-order valence-electron chi connectivity index (χ2n) is 8.30. The molecule has 3 aromatic carbocycles. The molecule has 0 fully saturated rings. The first kappa shape index (κ1) is 31.3. The van der Waals surface area contributed by atoms with E-state index in [0.29, 0.717) is 43.5 Å². The SMILES string of the molecule is COCCOCOc1cc(Cl)c(CC(=O)OONC(c2ccccc2)c2ccccc2)cc1OCOCCOC. The minimum Gasteiger partial charge on any atom is -0.464 e. The summed E-state index contributed by atoms with van der Waals surface area (Å²) in [5.74, 6) is -0.0401. The first-order chi connectivity index (χ1) is 19.6. The van der Waals surface area contributed by atoms with Gasteiger partial charge in [-0.05, 0) is 22.8 Å². The van der Waals surface area contributed by atoms with Crippen molar-refractivity contribution in [2.75, 3.05) is 54.2 Å². The van der Waals surface area contributed by atoms with Gasteiger partial charge in [0.15, 0.2) is 25.1 Å². The van der Waals surface area contributed by atoms with Crippen molar-refractivity contribution >= 4 is 17.6 Å². The van der Waals surface area contributed by atoms with Gasteiger partial charge in [-0.3, -0.25) is 4.89 Å². The van der Waals surface area contributed by atoms with Crippen molar-refractivity contribution in [2.45, 2.75) is 12.5 Å². The monoisotopic (exact) mass is 575 g/mol. The Morgan fingerprint density at radius 2 is 1.30 bits per heavy atom. The highest BCUT2D eigenvalue weighted by Gasteiger charge is 2.18. The van der Waals surface area contributed by atoms with Gasteiger partial charge in [-0.25, -0.2) is 4.79 Å². The van der Waals surface area contributed by atoms with Crippen LogP contribution >= 0.6 is 11.6 Å². The van der Waals surface area contributed by atoms with E-state index in [2.05, 4.69) is 5.48 Å². The van der Waals surface area contributed by atoms with Crippen molar-refractivity contribution in [3.8, 4) is 11.5 Å². The van der Waals surface area contributed by atoms with Crippen LogP contribution in [0.2, 0.25) is 5.02 Å². The van der Waals surface area contributed by atoms with Gasteiger partial charge in [0, 0.05) is 25.3 Å². The molecule has 40 heavy (non-hydrogen) atoms. The molecule has 3 aromatic rings. The number of hydroxylamine groups is 1. The number of hydrogen-bond donors (Lipinski definition) is 1. The molecule has 0 saturated carbocycles. The molecule has 0 atom stereocenters. The predicted octanol–water partition coefficient (Wildman–Crippen LogP) is 4.65. The average Bonchev–Trinajstić information content (AvgIpc) is 2.98. The Labute approximate surface area is 238 Å². The molecule has 0 aliphatic carbocycles. The van der Waals surface area contributed by atoms with Crippen LogP contribution in [0.1, 0.15) is 22.7 Å². The summed E-state index contributed by atoms with van der Waals surface area (Å²) >= 11 is 6.45. The van der Waals surface area contributed by atoms with Gasteiger partial charge in [0.2, 0.25) is 0 Å². The zero-order chi connectivity index (χ0) is 28.4. The normalized spacial score (nSPS) is 11.0. The number of hydrogen-bond acceptors (Lipinski definition) is 10. The largest absolute Gasteiger partial charge is 0.464 e. The fraction of sp³-hybridized carbons (Fsp3) is 0.345. The van der Waals surface area contributed by atoms with Crippen molar-refractivity contribution in [2.24, 2.45) is 0 Å². The summed E-state index contributed by atoms with van der Waals surface area (Å²) in [6.45, 7) is 1.43. The van der Waals surface area contributed by atoms with E-state index in [-0.39, 0.29) is 31.1 Å². The Bertz CT molecular complexity index is 1100. The third kappa shape index (κ3) is 10.7. The van der Waals surface area contributed by atoms with Crippen LogP contribution in [-0.2, 0) is 40.0 Å². The van der Waals surface area contributed by atoms with E-state index in [1.807, 2.05) is 60.7 Å². The molecule has 0 amide bonds. The van der Waals surface area contributed by atoms with E-state index < -0.39 is 5.97 Å². The van der Waals surface area contributed by atoms with Gasteiger partial charge < -0.3 is 28.4 Å². The second kappa shape index (κ2) is 18.2. The van der Waals surface area contributed by atoms with Crippen LogP contribution < -0.4 is 15.0 Å². The Balaban J connectivity index is 1.61. The highest BCUT2D eigenvalue weighted by atomic mass is 35.5. The highest BCUT2D eigenvalue weighted by molar-refractivity contribution is 6.31. The molecule has 0 aromatic heterocycles. The van der Waals surface area contributed by atoms with Crippen LogP contribution in [0.25, 0.3) is 0 Å². The molecule has 0 bridgehead atoms. The number of benzene rings is 3. The lowest BCUT2D eigenvalue weighted by Gasteiger charge is -2.18. The van der Waals surface area contributed by atoms with Crippen LogP contribution in [-0.4, -0.2) is 60.2 Å². The highest BCUT2D eigenvalue weighted by Crippen LogP contribution is 2.34. The van der Waals surface area contributed by atoms with E-state index in [9.17, 15) is 4.79 Å². The maximum absolute atomic E-state index is 12.6. The van der Waals surface area contributed by atoms with E-state index in [1.165, 1.54) is 6.07 Å². The van der Waals surface area contributed by atoms with E-state index in [0.717, 1.165) is 11.1 Å². The summed E-state index contributed by atoms with van der Waals surface area (Å²) in [7, 11) is 3.16. The molecule has 11 heteroatoms. The standard InChI is InChI=1S/C29H34ClNO9/c1-33-13-15-35-20-37-26-17-24(25(30)19-27(26)38-21-36-16-14-34-2)18-28(32)39-40-31-29(22-9-5-3-6-10-22)23-11-7-4-8-12-23/h3-12,17,19,29,31H,13-16,18,20-21H2,1-2H3. The summed E-state index contributed by atoms with van der Waals surface area (Å²) in [6, 6.07) is 22.1. The van der Waals surface area contributed by atoms with Gasteiger partial charge >= 0.3 is 5.97 Å². The van der Waals surface area contributed by atoms with Crippen molar-refractivity contribution in [1.29, 1.82) is 0 Å². The molecule has 1 N–H and O–H groups in total. The quantitative estimate of drug-likeness (QED) is 0.0940. The van der Waals surface area contributed by atoms with Gasteiger partial charge in [-0.1, -0.05) is 77.3 Å². The van der Waals surface area contributed by atoms with E-state index in [4.69, 9.17) is 49.9 Å². The molecule has 0 radical (unpaired) electrons. The first-order valence-corrected chi connectivity index (χ1v) is 12.9. The first-order valence-electron chi connectivity index (χ1n) is 12.6. The van der Waals surface area contributed by atoms with Crippen LogP contribution in [0.3, 0.4) is 0 Å². The number of ether oxygens (including phenoxy) is 6. The van der Waals surface area contributed by atoms with Crippen molar-refractivity contribution < 1.29 is 43.1 Å². The van der Waals surface area contributed by atoms with Crippen molar-refractivity contribution in [1.82, 2.24) is 5.48 Å². The van der Waals surface area contributed by atoms with Crippen LogP contribution in [0.5, 0.6) is 11.5 Å². The maximum atomic E-state index is 12.6. The molecule has 216 valence electrons. The molecule has 0 heterocycles. The van der Waals surface area contributed by atoms with Gasteiger partial charge in [0.25, 0.3) is 0 Å². The molecular weight excluding hydrogens is 542 g/mol. The lowest BCUT2D eigenvalue weighted by molar-refractivity contribution is -0.312. The fourth-order valence-electron chi connectivity index (χ4n) is 3.47. The molecule has 0 aliphatic heterocycles. The molecule has 0 spiro atoms. The number of rotatable bonds is 19. The van der Waals surface area contributed by atoms with Gasteiger partial charge in [-0.15, -0.1) is 5.48 Å². The van der Waals surface area contributed by atoms with Crippen LogP contribution in [0, 0.1) is 0 Å². The zero-order valence-corrected chi connectivity index (χ0v) is 23.3. The molecule has 10 nitrogen and oxygen atoms in total. The maximum Gasteiger partial charge on any atom is 0.348 e. The van der Waals surface area contributed by atoms with Crippen molar-refractivity contribution in [3.63, 3.8) is 0 Å². The summed E-state index contributed by atoms with van der Waals surface area (Å²) in [6.07, 6.45) is -0.187. The third-order valence-electron chi connectivity index (χ3n) is 5.47. The number of methoxy groups -OCH3 is 2.